The molecule has 0 spiro atoms. The zero-order valence-electron chi connectivity index (χ0n) is 15.1. The summed E-state index contributed by atoms with van der Waals surface area (Å²) in [5.41, 5.74) is 0.411. The second-order valence-electron chi connectivity index (χ2n) is 6.74. The molecule has 1 saturated carbocycles. The number of amidine groups is 1. The first-order valence-corrected chi connectivity index (χ1v) is 10.5. The highest BCUT2D eigenvalue weighted by molar-refractivity contribution is 7.90. The van der Waals surface area contributed by atoms with Crippen LogP contribution in [0.15, 0.2) is 34.2 Å². The summed E-state index contributed by atoms with van der Waals surface area (Å²) in [6.07, 6.45) is 4.33. The van der Waals surface area contributed by atoms with Gasteiger partial charge in [0.05, 0.1) is 4.90 Å². The molecular formula is C18H23N3O5S. The topological polar surface area (TPSA) is 114 Å². The zero-order valence-corrected chi connectivity index (χ0v) is 15.9. The third-order valence-corrected chi connectivity index (χ3v) is 6.06. The van der Waals surface area contributed by atoms with E-state index in [1.54, 1.807) is 18.2 Å². The fourth-order valence-electron chi connectivity index (χ4n) is 3.25. The van der Waals surface area contributed by atoms with E-state index < -0.39 is 22.1 Å². The van der Waals surface area contributed by atoms with E-state index in [2.05, 4.69) is 15.0 Å². The molecule has 1 aliphatic carbocycles. The average Bonchev–Trinajstić information content (AvgIpc) is 2.91. The van der Waals surface area contributed by atoms with Gasteiger partial charge in [-0.1, -0.05) is 31.4 Å². The van der Waals surface area contributed by atoms with Crippen molar-refractivity contribution in [3.05, 3.63) is 29.8 Å². The third-order valence-electron chi connectivity index (χ3n) is 4.66. The van der Waals surface area contributed by atoms with Crippen LogP contribution in [0.5, 0.6) is 0 Å². The van der Waals surface area contributed by atoms with Crippen LogP contribution in [0, 0.1) is 0 Å². The Morgan fingerprint density at radius 3 is 2.70 bits per heavy atom. The fourth-order valence-corrected chi connectivity index (χ4v) is 4.50. The van der Waals surface area contributed by atoms with Crippen LogP contribution in [-0.2, 0) is 24.3 Å². The standard InChI is InChI=1S/C18H23N3O5S/c1-12(18(23)20-13-7-3-2-4-8-13)26-16(22)11-19-17-14-9-5-6-10-15(14)27(24,25)21-17/h5-6,9-10,12-13H,2-4,7-8,11H2,1H3,(H,19,21)(H,20,23)/t12-/m1/s1. The van der Waals surface area contributed by atoms with Crippen molar-refractivity contribution in [3.8, 4) is 0 Å². The van der Waals surface area contributed by atoms with Gasteiger partial charge in [-0.2, -0.15) is 0 Å². The van der Waals surface area contributed by atoms with Gasteiger partial charge in [0.15, 0.2) is 6.10 Å². The molecule has 2 N–H and O–H groups in total. The SMILES string of the molecule is C[C@@H](OC(=O)CN=C1NS(=O)(=O)c2ccccc21)C(=O)NC1CCCCC1. The number of sulfonamides is 1. The maximum atomic E-state index is 12.1. The lowest BCUT2D eigenvalue weighted by atomic mass is 9.95. The number of carbonyl (C=O) groups excluding carboxylic acids is 2. The lowest BCUT2D eigenvalue weighted by Crippen LogP contribution is -2.43. The number of esters is 1. The summed E-state index contributed by atoms with van der Waals surface area (Å²) in [7, 11) is -3.65. The van der Waals surface area contributed by atoms with Crippen molar-refractivity contribution >= 4 is 27.7 Å². The van der Waals surface area contributed by atoms with E-state index in [4.69, 9.17) is 4.74 Å². The summed E-state index contributed by atoms with van der Waals surface area (Å²) < 4.78 is 31.4. The van der Waals surface area contributed by atoms with Crippen LogP contribution in [0.25, 0.3) is 0 Å². The van der Waals surface area contributed by atoms with E-state index in [0.29, 0.717) is 5.56 Å². The molecule has 0 saturated heterocycles. The molecule has 3 rings (SSSR count). The Morgan fingerprint density at radius 1 is 1.26 bits per heavy atom. The highest BCUT2D eigenvalue weighted by atomic mass is 32.2. The molecule has 0 unspecified atom stereocenters. The minimum absolute atomic E-state index is 0.0989. The third kappa shape index (κ3) is 4.65. The van der Waals surface area contributed by atoms with E-state index in [-0.39, 0.29) is 29.2 Å². The van der Waals surface area contributed by atoms with E-state index in [1.165, 1.54) is 19.4 Å². The van der Waals surface area contributed by atoms with Gasteiger partial charge in [-0.05, 0) is 31.9 Å². The quantitative estimate of drug-likeness (QED) is 0.728. The van der Waals surface area contributed by atoms with Gasteiger partial charge in [0, 0.05) is 11.6 Å². The molecule has 27 heavy (non-hydrogen) atoms. The van der Waals surface area contributed by atoms with Crippen molar-refractivity contribution in [3.63, 3.8) is 0 Å². The molecule has 2 aliphatic rings. The van der Waals surface area contributed by atoms with Crippen molar-refractivity contribution in [1.82, 2.24) is 10.0 Å². The number of benzene rings is 1. The van der Waals surface area contributed by atoms with Gasteiger partial charge in [-0.15, -0.1) is 0 Å². The summed E-state index contributed by atoms with van der Waals surface area (Å²) in [6, 6.07) is 6.51. The average molecular weight is 393 g/mol. The van der Waals surface area contributed by atoms with E-state index in [9.17, 15) is 18.0 Å². The first-order valence-electron chi connectivity index (χ1n) is 9.03. The molecule has 0 bridgehead atoms. The number of amides is 1. The Bertz CT molecular complexity index is 860. The van der Waals surface area contributed by atoms with Gasteiger partial charge in [0.2, 0.25) is 0 Å². The minimum Gasteiger partial charge on any atom is -0.451 e. The van der Waals surface area contributed by atoms with E-state index in [1.807, 2.05) is 0 Å². The summed E-state index contributed by atoms with van der Waals surface area (Å²) in [4.78, 5) is 28.3. The van der Waals surface area contributed by atoms with Crippen LogP contribution in [0.4, 0.5) is 0 Å². The van der Waals surface area contributed by atoms with E-state index in [0.717, 1.165) is 25.7 Å². The largest absolute Gasteiger partial charge is 0.451 e. The first-order chi connectivity index (χ1) is 12.9. The molecule has 8 nitrogen and oxygen atoms in total. The number of aliphatic imine (C=N–C) groups is 1. The van der Waals surface area contributed by atoms with Crippen molar-refractivity contribution < 1.29 is 22.7 Å². The van der Waals surface area contributed by atoms with Crippen LogP contribution in [0.2, 0.25) is 0 Å². The fraction of sp³-hybridized carbons (Fsp3) is 0.500. The molecule has 0 radical (unpaired) electrons. The Morgan fingerprint density at radius 2 is 1.96 bits per heavy atom. The van der Waals surface area contributed by atoms with Gasteiger partial charge in [0.1, 0.15) is 12.4 Å². The zero-order chi connectivity index (χ0) is 19.4. The molecule has 1 fully saturated rings. The lowest BCUT2D eigenvalue weighted by Gasteiger charge is -2.24. The number of carbonyl (C=O) groups is 2. The molecule has 1 heterocycles. The van der Waals surface area contributed by atoms with Gasteiger partial charge in [-0.3, -0.25) is 19.3 Å². The Balaban J connectivity index is 1.55. The molecule has 1 aliphatic heterocycles. The summed E-state index contributed by atoms with van der Waals surface area (Å²) in [5, 5.41) is 2.90. The second-order valence-corrected chi connectivity index (χ2v) is 8.39. The molecule has 1 atom stereocenters. The summed E-state index contributed by atoms with van der Waals surface area (Å²) in [6.45, 7) is 1.13. The van der Waals surface area contributed by atoms with Crippen molar-refractivity contribution in [2.24, 2.45) is 4.99 Å². The van der Waals surface area contributed by atoms with Gasteiger partial charge in [0.25, 0.3) is 15.9 Å². The van der Waals surface area contributed by atoms with Crippen LogP contribution < -0.4 is 10.0 Å². The normalized spacial score (nSPS) is 21.1. The molecule has 1 aromatic carbocycles. The monoisotopic (exact) mass is 393 g/mol. The van der Waals surface area contributed by atoms with Gasteiger partial charge < -0.3 is 10.1 Å². The van der Waals surface area contributed by atoms with Crippen LogP contribution in [0.1, 0.15) is 44.6 Å². The lowest BCUT2D eigenvalue weighted by molar-refractivity contribution is -0.153. The number of fused-ring (bicyclic) bond motifs is 1. The predicted octanol–water partition coefficient (Wildman–Crippen LogP) is 1.11. The predicted molar refractivity (Wildman–Crippen MR) is 98.7 cm³/mol. The summed E-state index contributed by atoms with van der Waals surface area (Å²) in [5.74, 6) is -0.922. The molecule has 1 aromatic rings. The molecule has 9 heteroatoms. The van der Waals surface area contributed by atoms with Crippen molar-refractivity contribution in [1.29, 1.82) is 0 Å². The Hall–Kier alpha value is -2.42. The number of nitrogens with zero attached hydrogens (tertiary/aromatic N) is 1. The van der Waals surface area contributed by atoms with Crippen molar-refractivity contribution in [2.45, 2.75) is 56.1 Å². The number of hydrogen-bond acceptors (Lipinski definition) is 6. The van der Waals surface area contributed by atoms with Crippen LogP contribution >= 0.6 is 0 Å². The number of ether oxygens (including phenoxy) is 1. The smallest absolute Gasteiger partial charge is 0.328 e. The Labute approximate surface area is 158 Å². The molecule has 1 amide bonds. The van der Waals surface area contributed by atoms with Gasteiger partial charge >= 0.3 is 5.97 Å². The van der Waals surface area contributed by atoms with E-state index >= 15 is 0 Å². The highest BCUT2D eigenvalue weighted by Crippen LogP contribution is 2.22. The highest BCUT2D eigenvalue weighted by Gasteiger charge is 2.30. The van der Waals surface area contributed by atoms with Gasteiger partial charge in [-0.25, -0.2) is 8.42 Å². The maximum absolute atomic E-state index is 12.1. The molecule has 146 valence electrons. The van der Waals surface area contributed by atoms with Crippen molar-refractivity contribution in [2.75, 3.05) is 6.54 Å². The second kappa shape index (κ2) is 8.08. The Kier molecular flexibility index (Phi) is 5.79. The summed E-state index contributed by atoms with van der Waals surface area (Å²) >= 11 is 0. The number of rotatable bonds is 5. The van der Waals surface area contributed by atoms with Crippen LogP contribution in [-0.4, -0.2) is 44.8 Å². The first kappa shape index (κ1) is 19.3. The number of nitrogens with one attached hydrogen (secondary N) is 2. The maximum Gasteiger partial charge on any atom is 0.328 e. The number of hydrogen-bond donors (Lipinski definition) is 2. The molecular weight excluding hydrogens is 370 g/mol. The molecule has 0 aromatic heterocycles. The minimum atomic E-state index is -3.65. The van der Waals surface area contributed by atoms with Crippen LogP contribution in [0.3, 0.4) is 0 Å².